The van der Waals surface area contributed by atoms with Gasteiger partial charge in [-0.3, -0.25) is 4.79 Å². The van der Waals surface area contributed by atoms with Crippen molar-refractivity contribution in [1.82, 2.24) is 9.78 Å². The van der Waals surface area contributed by atoms with Crippen LogP contribution in [-0.4, -0.2) is 29.9 Å². The highest BCUT2D eigenvalue weighted by molar-refractivity contribution is 6.05. The van der Waals surface area contributed by atoms with Gasteiger partial charge in [0.1, 0.15) is 11.5 Å². The number of hydrogen-bond acceptors (Lipinski definition) is 4. The summed E-state index contributed by atoms with van der Waals surface area (Å²) in [7, 11) is 3.13. The van der Waals surface area contributed by atoms with Gasteiger partial charge in [-0.2, -0.15) is 5.10 Å². The lowest BCUT2D eigenvalue weighted by Gasteiger charge is -2.10. The highest BCUT2D eigenvalue weighted by Gasteiger charge is 2.16. The molecular formula is C20H21N3O3. The summed E-state index contributed by atoms with van der Waals surface area (Å²) < 4.78 is 12.2. The molecule has 26 heavy (non-hydrogen) atoms. The van der Waals surface area contributed by atoms with Gasteiger partial charge >= 0.3 is 0 Å². The largest absolute Gasteiger partial charge is 0.497 e. The number of carbonyl (C=O) groups excluding carboxylic acids is 1. The van der Waals surface area contributed by atoms with E-state index in [0.717, 1.165) is 11.4 Å². The predicted octanol–water partition coefficient (Wildman–Crippen LogP) is 3.76. The quantitative estimate of drug-likeness (QED) is 0.760. The van der Waals surface area contributed by atoms with E-state index in [1.54, 1.807) is 43.3 Å². The van der Waals surface area contributed by atoms with Crippen molar-refractivity contribution >= 4 is 11.6 Å². The van der Waals surface area contributed by atoms with Crippen molar-refractivity contribution in [2.45, 2.75) is 13.8 Å². The van der Waals surface area contributed by atoms with Crippen molar-refractivity contribution in [2.75, 3.05) is 19.5 Å². The summed E-state index contributed by atoms with van der Waals surface area (Å²) in [5, 5.41) is 7.22. The zero-order valence-electron chi connectivity index (χ0n) is 15.2. The number of carbonyl (C=O) groups is 1. The van der Waals surface area contributed by atoms with E-state index in [1.165, 1.54) is 5.56 Å². The van der Waals surface area contributed by atoms with Crippen LogP contribution in [-0.2, 0) is 0 Å². The summed E-state index contributed by atoms with van der Waals surface area (Å²) in [6.07, 6.45) is 1.57. The molecule has 0 atom stereocenters. The van der Waals surface area contributed by atoms with Crippen LogP contribution >= 0.6 is 0 Å². The van der Waals surface area contributed by atoms with Gasteiger partial charge in [-0.25, -0.2) is 4.68 Å². The molecule has 1 N–H and O–H groups in total. The number of amides is 1. The normalized spacial score (nSPS) is 10.5. The van der Waals surface area contributed by atoms with E-state index in [4.69, 9.17) is 9.47 Å². The Morgan fingerprint density at radius 2 is 1.62 bits per heavy atom. The standard InChI is InChI=1S/C20H21N3O3/c1-13-5-7-16(8-6-13)23-14(2)19(12-21-23)20(24)22-15-9-17(25-3)11-18(10-15)26-4/h5-12H,1-4H3,(H,22,24). The van der Waals surface area contributed by atoms with Crippen LogP contribution in [0.15, 0.2) is 48.7 Å². The highest BCUT2D eigenvalue weighted by Crippen LogP contribution is 2.26. The lowest BCUT2D eigenvalue weighted by molar-refractivity contribution is 0.102. The van der Waals surface area contributed by atoms with Crippen molar-refractivity contribution in [3.8, 4) is 17.2 Å². The van der Waals surface area contributed by atoms with Gasteiger partial charge in [-0.1, -0.05) is 17.7 Å². The molecule has 0 saturated heterocycles. The summed E-state index contributed by atoms with van der Waals surface area (Å²) in [6, 6.07) is 13.2. The van der Waals surface area contributed by atoms with Crippen molar-refractivity contribution < 1.29 is 14.3 Å². The number of rotatable bonds is 5. The van der Waals surface area contributed by atoms with E-state index in [0.29, 0.717) is 22.7 Å². The molecular weight excluding hydrogens is 330 g/mol. The Hall–Kier alpha value is -3.28. The second-order valence-corrected chi connectivity index (χ2v) is 5.95. The third-order valence-corrected chi connectivity index (χ3v) is 4.14. The Morgan fingerprint density at radius 1 is 1.00 bits per heavy atom. The first kappa shape index (κ1) is 17.5. The number of hydrogen-bond donors (Lipinski definition) is 1. The second kappa shape index (κ2) is 7.31. The fraction of sp³-hybridized carbons (Fsp3) is 0.200. The van der Waals surface area contributed by atoms with E-state index < -0.39 is 0 Å². The fourth-order valence-electron chi connectivity index (χ4n) is 2.66. The molecule has 0 radical (unpaired) electrons. The Kier molecular flexibility index (Phi) is 4.93. The van der Waals surface area contributed by atoms with Crippen LogP contribution in [0, 0.1) is 13.8 Å². The van der Waals surface area contributed by atoms with Gasteiger partial charge in [0, 0.05) is 23.9 Å². The Labute approximate surface area is 152 Å². The average molecular weight is 351 g/mol. The van der Waals surface area contributed by atoms with Crippen LogP contribution in [0.25, 0.3) is 5.69 Å². The number of anilines is 1. The molecule has 0 spiro atoms. The monoisotopic (exact) mass is 351 g/mol. The molecule has 0 unspecified atom stereocenters. The summed E-state index contributed by atoms with van der Waals surface area (Å²) in [6.45, 7) is 3.90. The van der Waals surface area contributed by atoms with Crippen LogP contribution in [0.2, 0.25) is 0 Å². The molecule has 1 aromatic heterocycles. The summed E-state index contributed by atoms with van der Waals surface area (Å²) >= 11 is 0. The first-order chi connectivity index (χ1) is 12.5. The van der Waals surface area contributed by atoms with Gasteiger partial charge in [0.2, 0.25) is 0 Å². The minimum atomic E-state index is -0.240. The van der Waals surface area contributed by atoms with Gasteiger partial charge in [-0.15, -0.1) is 0 Å². The molecule has 0 saturated carbocycles. The molecule has 3 aromatic rings. The van der Waals surface area contributed by atoms with Crippen LogP contribution in [0.1, 0.15) is 21.6 Å². The smallest absolute Gasteiger partial charge is 0.259 e. The summed E-state index contributed by atoms with van der Waals surface area (Å²) in [4.78, 5) is 12.7. The topological polar surface area (TPSA) is 65.4 Å². The Balaban J connectivity index is 1.86. The predicted molar refractivity (Wildman–Crippen MR) is 101 cm³/mol. The van der Waals surface area contributed by atoms with E-state index in [-0.39, 0.29) is 5.91 Å². The Bertz CT molecular complexity index is 908. The lowest BCUT2D eigenvalue weighted by atomic mass is 10.2. The number of ether oxygens (including phenoxy) is 2. The minimum absolute atomic E-state index is 0.240. The first-order valence-corrected chi connectivity index (χ1v) is 8.18. The number of methoxy groups -OCH3 is 2. The third kappa shape index (κ3) is 3.54. The van der Waals surface area contributed by atoms with Gasteiger partial charge < -0.3 is 14.8 Å². The first-order valence-electron chi connectivity index (χ1n) is 8.18. The van der Waals surface area contributed by atoms with E-state index in [2.05, 4.69) is 10.4 Å². The molecule has 3 rings (SSSR count). The van der Waals surface area contributed by atoms with Crippen molar-refractivity contribution in [3.63, 3.8) is 0 Å². The molecule has 2 aromatic carbocycles. The van der Waals surface area contributed by atoms with Crippen molar-refractivity contribution in [3.05, 3.63) is 65.5 Å². The molecule has 6 heteroatoms. The fourth-order valence-corrected chi connectivity index (χ4v) is 2.66. The van der Waals surface area contributed by atoms with Gasteiger partial charge in [-0.05, 0) is 26.0 Å². The molecule has 0 aliphatic rings. The maximum Gasteiger partial charge on any atom is 0.259 e. The van der Waals surface area contributed by atoms with E-state index in [1.807, 2.05) is 38.1 Å². The average Bonchev–Trinajstić information content (AvgIpc) is 3.03. The number of aryl methyl sites for hydroxylation is 1. The van der Waals surface area contributed by atoms with Crippen molar-refractivity contribution in [1.29, 1.82) is 0 Å². The highest BCUT2D eigenvalue weighted by atomic mass is 16.5. The van der Waals surface area contributed by atoms with Crippen LogP contribution in [0.3, 0.4) is 0 Å². The third-order valence-electron chi connectivity index (χ3n) is 4.14. The number of nitrogens with zero attached hydrogens (tertiary/aromatic N) is 2. The SMILES string of the molecule is COc1cc(NC(=O)c2cnn(-c3ccc(C)cc3)c2C)cc(OC)c1. The molecule has 0 bridgehead atoms. The van der Waals surface area contributed by atoms with Crippen LogP contribution in [0.5, 0.6) is 11.5 Å². The van der Waals surface area contributed by atoms with Crippen LogP contribution in [0.4, 0.5) is 5.69 Å². The summed E-state index contributed by atoms with van der Waals surface area (Å²) in [5.41, 5.74) is 3.95. The summed E-state index contributed by atoms with van der Waals surface area (Å²) in [5.74, 6) is 0.967. The van der Waals surface area contributed by atoms with E-state index >= 15 is 0 Å². The molecule has 1 amide bonds. The number of aromatic nitrogens is 2. The van der Waals surface area contributed by atoms with Crippen LogP contribution < -0.4 is 14.8 Å². The molecule has 0 aliphatic heterocycles. The zero-order chi connectivity index (χ0) is 18.7. The maximum absolute atomic E-state index is 12.7. The zero-order valence-corrected chi connectivity index (χ0v) is 15.2. The number of nitrogens with one attached hydrogen (secondary N) is 1. The lowest BCUT2D eigenvalue weighted by Crippen LogP contribution is -2.13. The maximum atomic E-state index is 12.7. The van der Waals surface area contributed by atoms with Gasteiger partial charge in [0.25, 0.3) is 5.91 Å². The number of benzene rings is 2. The minimum Gasteiger partial charge on any atom is -0.497 e. The molecule has 0 fully saturated rings. The molecule has 0 aliphatic carbocycles. The van der Waals surface area contributed by atoms with Gasteiger partial charge in [0.15, 0.2) is 0 Å². The second-order valence-electron chi connectivity index (χ2n) is 5.95. The van der Waals surface area contributed by atoms with Crippen molar-refractivity contribution in [2.24, 2.45) is 0 Å². The molecule has 1 heterocycles. The van der Waals surface area contributed by atoms with E-state index in [9.17, 15) is 4.79 Å². The Morgan fingerprint density at radius 3 is 2.19 bits per heavy atom. The van der Waals surface area contributed by atoms with Gasteiger partial charge in [0.05, 0.1) is 37.4 Å². The molecule has 6 nitrogen and oxygen atoms in total. The molecule has 134 valence electrons.